The third-order valence-corrected chi connectivity index (χ3v) is 2.28. The molecule has 0 aliphatic carbocycles. The Balaban J connectivity index is 2.59. The summed E-state index contributed by atoms with van der Waals surface area (Å²) < 4.78 is 58.3. The summed E-state index contributed by atoms with van der Waals surface area (Å²) in [6.07, 6.45) is -0.783. The fourth-order valence-corrected chi connectivity index (χ4v) is 1.16. The number of hydrogen-bond acceptors (Lipinski definition) is 3. The van der Waals surface area contributed by atoms with Crippen LogP contribution in [0.1, 0.15) is 5.56 Å². The van der Waals surface area contributed by atoms with Crippen LogP contribution in [0.5, 0.6) is 5.75 Å². The van der Waals surface area contributed by atoms with Gasteiger partial charge in [-0.15, -0.1) is 0 Å². The van der Waals surface area contributed by atoms with E-state index in [4.69, 9.17) is 5.41 Å². The van der Waals surface area contributed by atoms with E-state index in [0.717, 1.165) is 0 Å². The molecule has 0 amide bonds. The topological polar surface area (TPSA) is 42.3 Å². The molecule has 0 unspecified atom stereocenters. The molecule has 1 N–H and O–H groups in total. The normalized spacial score (nSPS) is 11.9. The Morgan fingerprint density at radius 3 is 2.40 bits per heavy atom. The van der Waals surface area contributed by atoms with Crippen LogP contribution in [0, 0.1) is 5.41 Å². The van der Waals surface area contributed by atoms with Gasteiger partial charge < -0.3 is 9.47 Å². The van der Waals surface area contributed by atoms with Crippen molar-refractivity contribution < 1.29 is 27.0 Å². The number of nitrogens with one attached hydrogen (secondary N) is 1. The third kappa shape index (κ3) is 4.91. The van der Waals surface area contributed by atoms with Crippen molar-refractivity contribution in [3.8, 4) is 5.75 Å². The zero-order valence-electron chi connectivity index (χ0n) is 10.6. The summed E-state index contributed by atoms with van der Waals surface area (Å²) in [4.78, 5) is 0. The Morgan fingerprint density at radius 2 is 1.90 bits per heavy atom. The van der Waals surface area contributed by atoms with Gasteiger partial charge in [0.25, 0.3) is 0 Å². The van der Waals surface area contributed by atoms with Gasteiger partial charge in [0, 0.05) is 6.08 Å². The summed E-state index contributed by atoms with van der Waals surface area (Å²) in [5, 5.41) is 7.22. The summed E-state index contributed by atoms with van der Waals surface area (Å²) in [7, 11) is 1.35. The first-order valence-electron chi connectivity index (χ1n) is 5.54. The lowest BCUT2D eigenvalue weighted by molar-refractivity contribution is -0.148. The minimum absolute atomic E-state index is 0.0399. The molecule has 3 nitrogen and oxygen atoms in total. The maximum atomic E-state index is 12.6. The van der Waals surface area contributed by atoms with Gasteiger partial charge in [0.1, 0.15) is 5.75 Å². The highest BCUT2D eigenvalue weighted by Crippen LogP contribution is 2.24. The fourth-order valence-electron chi connectivity index (χ4n) is 1.16. The van der Waals surface area contributed by atoms with Gasteiger partial charge in [0.05, 0.1) is 7.11 Å². The number of ether oxygens (including phenoxy) is 2. The Hall–Kier alpha value is -2.05. The lowest BCUT2D eigenvalue weighted by Gasteiger charge is -2.15. The number of halogens is 4. The van der Waals surface area contributed by atoms with Gasteiger partial charge in [0.15, 0.2) is 6.61 Å². The average molecular weight is 291 g/mol. The van der Waals surface area contributed by atoms with E-state index in [2.05, 4.69) is 9.47 Å². The summed E-state index contributed by atoms with van der Waals surface area (Å²) in [6, 6.07) is 5.82. The molecule has 0 radical (unpaired) electrons. The second kappa shape index (κ2) is 6.93. The predicted octanol–water partition coefficient (Wildman–Crippen LogP) is 3.60. The van der Waals surface area contributed by atoms with Crippen LogP contribution in [0.2, 0.25) is 0 Å². The van der Waals surface area contributed by atoms with E-state index in [1.165, 1.54) is 37.5 Å². The number of methoxy groups -OCH3 is 1. The Labute approximate surface area is 113 Å². The average Bonchev–Trinajstić information content (AvgIpc) is 2.43. The van der Waals surface area contributed by atoms with Gasteiger partial charge in [-0.2, -0.15) is 8.78 Å². The van der Waals surface area contributed by atoms with E-state index in [1.54, 1.807) is 6.08 Å². The molecule has 0 aromatic heterocycles. The van der Waals surface area contributed by atoms with Crippen LogP contribution in [0.4, 0.5) is 17.6 Å². The largest absolute Gasteiger partial charge is 0.487 e. The van der Waals surface area contributed by atoms with Crippen molar-refractivity contribution in [2.75, 3.05) is 13.7 Å². The minimum atomic E-state index is -4.17. The smallest absolute Gasteiger partial charge is 0.340 e. The predicted molar refractivity (Wildman–Crippen MR) is 66.7 cm³/mol. The number of rotatable bonds is 6. The first kappa shape index (κ1) is 16.0. The maximum absolute atomic E-state index is 12.6. The van der Waals surface area contributed by atoms with Gasteiger partial charge in [-0.25, -0.2) is 8.78 Å². The zero-order valence-corrected chi connectivity index (χ0v) is 10.6. The number of benzene rings is 1. The molecular formula is C13H13F4NO2. The highest BCUT2D eigenvalue weighted by Gasteiger charge is 2.41. The zero-order chi connectivity index (χ0) is 15.2. The molecule has 7 heteroatoms. The van der Waals surface area contributed by atoms with E-state index in [1.807, 2.05) is 0 Å². The van der Waals surface area contributed by atoms with Crippen molar-refractivity contribution in [2.24, 2.45) is 0 Å². The molecule has 0 spiro atoms. The molecule has 0 saturated heterocycles. The van der Waals surface area contributed by atoms with Crippen LogP contribution in [-0.2, 0) is 4.74 Å². The van der Waals surface area contributed by atoms with Crippen LogP contribution in [0.15, 0.2) is 30.3 Å². The van der Waals surface area contributed by atoms with Gasteiger partial charge in [-0.3, -0.25) is 5.41 Å². The molecule has 0 aliphatic rings. The van der Waals surface area contributed by atoms with Gasteiger partial charge in [-0.1, -0.05) is 12.1 Å². The highest BCUT2D eigenvalue weighted by atomic mass is 19.3. The van der Waals surface area contributed by atoms with Crippen molar-refractivity contribution in [1.82, 2.24) is 0 Å². The van der Waals surface area contributed by atoms with Crippen molar-refractivity contribution >= 4 is 12.0 Å². The van der Waals surface area contributed by atoms with Gasteiger partial charge >= 0.3 is 12.3 Å². The monoisotopic (exact) mass is 291 g/mol. The van der Waals surface area contributed by atoms with E-state index in [0.29, 0.717) is 5.56 Å². The first-order chi connectivity index (χ1) is 9.35. The van der Waals surface area contributed by atoms with Crippen LogP contribution in [0.25, 0.3) is 6.08 Å². The van der Waals surface area contributed by atoms with Crippen LogP contribution < -0.4 is 4.74 Å². The second-order valence-corrected chi connectivity index (χ2v) is 3.82. The van der Waals surface area contributed by atoms with E-state index in [-0.39, 0.29) is 11.6 Å². The first-order valence-corrected chi connectivity index (χ1v) is 5.54. The SMILES string of the molecule is COC(=N)C=Cc1ccc(OCC(F)(F)C(F)F)cc1. The highest BCUT2D eigenvalue weighted by molar-refractivity contribution is 5.89. The molecule has 110 valence electrons. The summed E-state index contributed by atoms with van der Waals surface area (Å²) in [5.41, 5.74) is 0.680. The lowest BCUT2D eigenvalue weighted by atomic mass is 10.2. The van der Waals surface area contributed by atoms with Crippen LogP contribution in [-0.4, -0.2) is 32.0 Å². The molecule has 1 rings (SSSR count). The Morgan fingerprint density at radius 1 is 1.30 bits per heavy atom. The third-order valence-electron chi connectivity index (χ3n) is 2.28. The Kier molecular flexibility index (Phi) is 5.54. The molecule has 0 heterocycles. The summed E-state index contributed by atoms with van der Waals surface area (Å²) in [5.74, 6) is -4.15. The fraction of sp³-hybridized carbons (Fsp3) is 0.308. The van der Waals surface area contributed by atoms with Crippen molar-refractivity contribution in [1.29, 1.82) is 5.41 Å². The Bertz CT molecular complexity index is 472. The second-order valence-electron chi connectivity index (χ2n) is 3.82. The standard InChI is InChI=1S/C13H13F4NO2/c1-19-11(18)7-4-9-2-5-10(6-3-9)20-8-13(16,17)12(14)15/h2-7,12,18H,8H2,1H3. The summed E-state index contributed by atoms with van der Waals surface area (Å²) in [6.45, 7) is -1.38. The van der Waals surface area contributed by atoms with Crippen LogP contribution >= 0.6 is 0 Å². The summed E-state index contributed by atoms with van der Waals surface area (Å²) >= 11 is 0. The quantitative estimate of drug-likeness (QED) is 0.494. The van der Waals surface area contributed by atoms with Crippen molar-refractivity contribution in [3.63, 3.8) is 0 Å². The van der Waals surface area contributed by atoms with Crippen LogP contribution in [0.3, 0.4) is 0 Å². The molecule has 0 fully saturated rings. The molecule has 1 aromatic rings. The molecule has 0 atom stereocenters. The molecular weight excluding hydrogens is 278 g/mol. The molecule has 0 aliphatic heterocycles. The molecule has 20 heavy (non-hydrogen) atoms. The van der Waals surface area contributed by atoms with E-state index < -0.39 is 19.0 Å². The minimum Gasteiger partial charge on any atom is -0.487 e. The number of alkyl halides is 4. The lowest BCUT2D eigenvalue weighted by Crippen LogP contribution is -2.33. The molecule has 0 bridgehead atoms. The van der Waals surface area contributed by atoms with E-state index >= 15 is 0 Å². The number of hydrogen-bond donors (Lipinski definition) is 1. The molecule has 0 saturated carbocycles. The van der Waals surface area contributed by atoms with Gasteiger partial charge in [0.2, 0.25) is 5.90 Å². The maximum Gasteiger partial charge on any atom is 0.340 e. The molecule has 1 aromatic carbocycles. The van der Waals surface area contributed by atoms with E-state index in [9.17, 15) is 17.6 Å². The van der Waals surface area contributed by atoms with Gasteiger partial charge in [-0.05, 0) is 23.8 Å². The van der Waals surface area contributed by atoms with Crippen molar-refractivity contribution in [3.05, 3.63) is 35.9 Å². The van der Waals surface area contributed by atoms with Crippen molar-refractivity contribution in [2.45, 2.75) is 12.3 Å².